The molecule has 0 unspecified atom stereocenters. The molecule has 0 radical (unpaired) electrons. The second-order valence-electron chi connectivity index (χ2n) is 3.97. The summed E-state index contributed by atoms with van der Waals surface area (Å²) in [7, 11) is 0. The second-order valence-corrected chi connectivity index (χ2v) is 6.24. The first-order chi connectivity index (χ1) is 9.43. The summed E-state index contributed by atoms with van der Waals surface area (Å²) in [5, 5.41) is 39.5. The molecular formula is C10H25ClN6O2S2. The van der Waals surface area contributed by atoms with Gasteiger partial charge in [-0.25, -0.2) is 0 Å². The van der Waals surface area contributed by atoms with Crippen LogP contribution in [0.5, 0.6) is 0 Å². The van der Waals surface area contributed by atoms with Crippen molar-refractivity contribution < 1.29 is 10.2 Å². The number of hydrogen-bond donors (Lipinski definition) is 8. The zero-order valence-electron chi connectivity index (χ0n) is 11.7. The predicted molar refractivity (Wildman–Crippen MR) is 93.7 cm³/mol. The van der Waals surface area contributed by atoms with Crippen molar-refractivity contribution in [1.29, 1.82) is 10.8 Å². The maximum Gasteiger partial charge on any atom is 0.151 e. The lowest BCUT2D eigenvalue weighted by Gasteiger charge is -2.18. The first-order valence-electron chi connectivity index (χ1n) is 6.14. The van der Waals surface area contributed by atoms with Crippen LogP contribution in [0.25, 0.3) is 0 Å². The van der Waals surface area contributed by atoms with E-state index in [1.807, 2.05) is 0 Å². The fraction of sp³-hybridized carbons (Fsp3) is 0.800. The molecule has 8 nitrogen and oxygen atoms in total. The minimum absolute atomic E-state index is 0. The Kier molecular flexibility index (Phi) is 16.1. The van der Waals surface area contributed by atoms with Crippen LogP contribution in [0.1, 0.15) is 0 Å². The van der Waals surface area contributed by atoms with Gasteiger partial charge in [0.2, 0.25) is 0 Å². The van der Waals surface area contributed by atoms with Crippen LogP contribution in [0, 0.1) is 10.8 Å². The van der Waals surface area contributed by atoms with Crippen LogP contribution in [0.15, 0.2) is 0 Å². The minimum Gasteiger partial charge on any atom is -0.389 e. The first-order valence-corrected chi connectivity index (χ1v) is 8.11. The van der Waals surface area contributed by atoms with Gasteiger partial charge >= 0.3 is 0 Å². The first kappa shape index (κ1) is 23.0. The Labute approximate surface area is 139 Å². The smallest absolute Gasteiger partial charge is 0.151 e. The molecule has 0 rings (SSSR count). The maximum absolute atomic E-state index is 9.69. The number of halogens is 1. The third-order valence-electron chi connectivity index (χ3n) is 2.22. The number of nitrogens with two attached hydrogens (primary N) is 2. The fourth-order valence-corrected chi connectivity index (χ4v) is 2.17. The minimum atomic E-state index is -0.856. The molecule has 0 aromatic rings. The Hall–Kier alpha value is -0.230. The van der Waals surface area contributed by atoms with Crippen LogP contribution in [-0.2, 0) is 0 Å². The topological polar surface area (TPSA) is 164 Å². The summed E-state index contributed by atoms with van der Waals surface area (Å²) in [6, 6.07) is 0. The molecule has 0 saturated carbocycles. The normalized spacial score (nSPS) is 13.2. The summed E-state index contributed by atoms with van der Waals surface area (Å²) in [6.07, 6.45) is -1.71. The molecule has 0 bridgehead atoms. The van der Waals surface area contributed by atoms with Crippen molar-refractivity contribution in [1.82, 2.24) is 10.6 Å². The van der Waals surface area contributed by atoms with Crippen molar-refractivity contribution in [3.05, 3.63) is 0 Å². The molecule has 126 valence electrons. The van der Waals surface area contributed by atoms with E-state index in [0.29, 0.717) is 24.6 Å². The van der Waals surface area contributed by atoms with E-state index < -0.39 is 12.2 Å². The largest absolute Gasteiger partial charge is 0.389 e. The van der Waals surface area contributed by atoms with Crippen molar-refractivity contribution in [3.8, 4) is 0 Å². The Morgan fingerprint density at radius 3 is 1.52 bits per heavy atom. The third kappa shape index (κ3) is 16.0. The lowest BCUT2D eigenvalue weighted by Crippen LogP contribution is -2.43. The van der Waals surface area contributed by atoms with E-state index in [0.717, 1.165) is 0 Å². The number of nitrogens with one attached hydrogen (secondary N) is 4. The van der Waals surface area contributed by atoms with E-state index in [-0.39, 0.29) is 35.8 Å². The molecule has 0 aliphatic heterocycles. The van der Waals surface area contributed by atoms with Crippen molar-refractivity contribution in [2.24, 2.45) is 11.5 Å². The molecule has 0 heterocycles. The number of rotatable bonds is 11. The van der Waals surface area contributed by atoms with Gasteiger partial charge in [0.1, 0.15) is 0 Å². The molecule has 21 heavy (non-hydrogen) atoms. The lowest BCUT2D eigenvalue weighted by molar-refractivity contribution is 0.0216. The predicted octanol–water partition coefficient (Wildman–Crippen LogP) is -1.44. The van der Waals surface area contributed by atoms with Crippen molar-refractivity contribution in [2.45, 2.75) is 12.2 Å². The molecule has 0 amide bonds. The van der Waals surface area contributed by atoms with Crippen LogP contribution in [0.3, 0.4) is 0 Å². The highest BCUT2D eigenvalue weighted by atomic mass is 35.5. The van der Waals surface area contributed by atoms with Crippen LogP contribution in [0.2, 0.25) is 0 Å². The summed E-state index contributed by atoms with van der Waals surface area (Å²) in [5.41, 5.74) is 10.4. The molecule has 11 heteroatoms. The zero-order chi connectivity index (χ0) is 15.4. The molecule has 0 aliphatic carbocycles. The van der Waals surface area contributed by atoms with Crippen LogP contribution in [0.4, 0.5) is 0 Å². The van der Waals surface area contributed by atoms with Crippen molar-refractivity contribution in [2.75, 3.05) is 37.7 Å². The second kappa shape index (κ2) is 14.7. The maximum atomic E-state index is 9.69. The van der Waals surface area contributed by atoms with E-state index in [4.69, 9.17) is 22.3 Å². The zero-order valence-corrected chi connectivity index (χ0v) is 14.1. The number of hydrogen-bond acceptors (Lipinski definition) is 8. The molecule has 0 saturated heterocycles. The van der Waals surface area contributed by atoms with Gasteiger partial charge in [0.05, 0.1) is 12.2 Å². The summed E-state index contributed by atoms with van der Waals surface area (Å²) in [5.74, 6) is 1.30. The van der Waals surface area contributed by atoms with Crippen molar-refractivity contribution >= 4 is 46.3 Å². The molecule has 0 spiro atoms. The standard InChI is InChI=1S/C10H24N6O2S2.ClH/c11-9(12)19-3-1-15-5-7(17)8(18)6-16-2-4-20-10(13)14;/h7-8,15-18H,1-6H2,(H3,11,12)(H3,13,14);1H/t7-,8+;. The van der Waals surface area contributed by atoms with Gasteiger partial charge in [-0.05, 0) is 0 Å². The quantitative estimate of drug-likeness (QED) is 0.126. The molecule has 0 aliphatic rings. The Balaban J connectivity index is 0. The Bertz CT molecular complexity index is 273. The van der Waals surface area contributed by atoms with Gasteiger partial charge in [0.15, 0.2) is 10.3 Å². The third-order valence-corrected chi connectivity index (χ3v) is 3.66. The highest BCUT2D eigenvalue weighted by molar-refractivity contribution is 8.13. The number of thioether (sulfide) groups is 2. The van der Waals surface area contributed by atoms with E-state index >= 15 is 0 Å². The SMILES string of the molecule is Cl.N=C(N)SCCNC[C@@H](O)[C@@H](O)CNCCSC(=N)N. The molecule has 0 aromatic heterocycles. The molecule has 0 aromatic carbocycles. The number of amidine groups is 2. The monoisotopic (exact) mass is 360 g/mol. The molecule has 2 atom stereocenters. The summed E-state index contributed by atoms with van der Waals surface area (Å²) < 4.78 is 0. The average molecular weight is 361 g/mol. The van der Waals surface area contributed by atoms with Gasteiger partial charge in [-0.2, -0.15) is 0 Å². The highest BCUT2D eigenvalue weighted by Crippen LogP contribution is 1.97. The number of aliphatic hydroxyl groups excluding tert-OH is 2. The van der Waals surface area contributed by atoms with Crippen LogP contribution in [-0.4, -0.2) is 70.4 Å². The van der Waals surface area contributed by atoms with Crippen molar-refractivity contribution in [3.63, 3.8) is 0 Å². The van der Waals surface area contributed by atoms with Gasteiger partial charge in [-0.1, -0.05) is 23.5 Å². The highest BCUT2D eigenvalue weighted by Gasteiger charge is 2.14. The summed E-state index contributed by atoms with van der Waals surface area (Å²) >= 11 is 2.45. The van der Waals surface area contributed by atoms with E-state index in [9.17, 15) is 10.2 Å². The summed E-state index contributed by atoms with van der Waals surface area (Å²) in [6.45, 7) is 1.78. The van der Waals surface area contributed by atoms with Crippen LogP contribution >= 0.6 is 35.9 Å². The fourth-order valence-electron chi connectivity index (χ4n) is 1.24. The Morgan fingerprint density at radius 1 is 0.905 bits per heavy atom. The van der Waals surface area contributed by atoms with Gasteiger partial charge in [-0.15, -0.1) is 12.4 Å². The van der Waals surface area contributed by atoms with E-state index in [1.54, 1.807) is 0 Å². The molecular weight excluding hydrogens is 336 g/mol. The van der Waals surface area contributed by atoms with Gasteiger partial charge < -0.3 is 32.3 Å². The Morgan fingerprint density at radius 2 is 1.24 bits per heavy atom. The summed E-state index contributed by atoms with van der Waals surface area (Å²) in [4.78, 5) is 0. The number of aliphatic hydroxyl groups is 2. The molecule has 10 N–H and O–H groups in total. The average Bonchev–Trinajstić information content (AvgIpc) is 2.36. The molecule has 0 fully saturated rings. The van der Waals surface area contributed by atoms with E-state index in [1.165, 1.54) is 23.5 Å². The van der Waals surface area contributed by atoms with Gasteiger partial charge in [0.25, 0.3) is 0 Å². The van der Waals surface area contributed by atoms with Gasteiger partial charge in [0, 0.05) is 37.7 Å². The lowest BCUT2D eigenvalue weighted by atomic mass is 10.2. The van der Waals surface area contributed by atoms with Crippen LogP contribution < -0.4 is 22.1 Å². The van der Waals surface area contributed by atoms with E-state index in [2.05, 4.69) is 10.6 Å². The van der Waals surface area contributed by atoms with Gasteiger partial charge in [-0.3, -0.25) is 10.8 Å².